The second kappa shape index (κ2) is 5.84. The van der Waals surface area contributed by atoms with Gasteiger partial charge in [-0.25, -0.2) is 4.68 Å². The fourth-order valence-corrected chi connectivity index (χ4v) is 1.06. The molecule has 0 fully saturated rings. The Balaban J connectivity index is 2.33. The molecule has 0 saturated carbocycles. The Morgan fingerprint density at radius 2 is 2.25 bits per heavy atom. The van der Waals surface area contributed by atoms with E-state index < -0.39 is 0 Å². The maximum atomic E-state index is 11.6. The van der Waals surface area contributed by atoms with Crippen LogP contribution in [0.5, 0.6) is 0 Å². The van der Waals surface area contributed by atoms with Crippen LogP contribution in [0, 0.1) is 0 Å². The molecule has 0 radical (unpaired) electrons. The summed E-state index contributed by atoms with van der Waals surface area (Å²) < 4.78 is 5.91. The van der Waals surface area contributed by atoms with E-state index in [0.29, 0.717) is 6.54 Å². The summed E-state index contributed by atoms with van der Waals surface area (Å²) in [6.07, 6.45) is 3.30. The van der Waals surface area contributed by atoms with E-state index in [0.717, 1.165) is 0 Å². The molecular weight excluding hydrogens is 212 g/mol. The Morgan fingerprint density at radius 1 is 1.50 bits per heavy atom. The molecule has 0 unspecified atom stereocenters. The van der Waals surface area contributed by atoms with Crippen LogP contribution in [0.15, 0.2) is 12.4 Å². The van der Waals surface area contributed by atoms with Gasteiger partial charge in [0.1, 0.15) is 6.54 Å². The zero-order chi connectivity index (χ0) is 12.0. The van der Waals surface area contributed by atoms with Gasteiger partial charge in [0.05, 0.1) is 19.7 Å². The number of ether oxygens (including phenoxy) is 1. The zero-order valence-electron chi connectivity index (χ0n) is 9.29. The summed E-state index contributed by atoms with van der Waals surface area (Å²) in [6, 6.07) is 0. The SMILES string of the molecule is COC(=O)CCN(C)C(=O)Cn1ccnn1. The van der Waals surface area contributed by atoms with E-state index in [1.165, 1.54) is 22.9 Å². The average molecular weight is 226 g/mol. The third kappa shape index (κ3) is 3.68. The van der Waals surface area contributed by atoms with Gasteiger partial charge in [0.2, 0.25) is 5.91 Å². The summed E-state index contributed by atoms with van der Waals surface area (Å²) in [4.78, 5) is 23.9. The van der Waals surface area contributed by atoms with Crippen molar-refractivity contribution < 1.29 is 14.3 Å². The first kappa shape index (κ1) is 12.2. The lowest BCUT2D eigenvalue weighted by Crippen LogP contribution is -2.32. The molecule has 0 saturated heterocycles. The van der Waals surface area contributed by atoms with Crippen LogP contribution in [-0.2, 0) is 20.9 Å². The number of esters is 1. The van der Waals surface area contributed by atoms with Crippen LogP contribution in [0.1, 0.15) is 6.42 Å². The number of rotatable bonds is 5. The first-order valence-electron chi connectivity index (χ1n) is 4.78. The van der Waals surface area contributed by atoms with Gasteiger partial charge in [-0.05, 0) is 0 Å². The second-order valence-corrected chi connectivity index (χ2v) is 3.24. The Kier molecular flexibility index (Phi) is 4.43. The molecule has 7 nitrogen and oxygen atoms in total. The molecular formula is C9H14N4O3. The van der Waals surface area contributed by atoms with Crippen LogP contribution < -0.4 is 0 Å². The van der Waals surface area contributed by atoms with Gasteiger partial charge in [0, 0.05) is 19.8 Å². The fourth-order valence-electron chi connectivity index (χ4n) is 1.06. The largest absolute Gasteiger partial charge is 0.469 e. The van der Waals surface area contributed by atoms with Crippen molar-refractivity contribution in [2.75, 3.05) is 20.7 Å². The minimum atomic E-state index is -0.333. The van der Waals surface area contributed by atoms with Crippen LogP contribution in [0.3, 0.4) is 0 Å². The van der Waals surface area contributed by atoms with Crippen molar-refractivity contribution in [3.8, 4) is 0 Å². The van der Waals surface area contributed by atoms with Gasteiger partial charge in [-0.15, -0.1) is 5.10 Å². The molecule has 0 aliphatic heterocycles. The van der Waals surface area contributed by atoms with Gasteiger partial charge < -0.3 is 9.64 Å². The molecule has 1 aromatic heterocycles. The quantitative estimate of drug-likeness (QED) is 0.620. The third-order valence-corrected chi connectivity index (χ3v) is 2.07. The second-order valence-electron chi connectivity index (χ2n) is 3.24. The third-order valence-electron chi connectivity index (χ3n) is 2.07. The lowest BCUT2D eigenvalue weighted by atomic mass is 10.4. The molecule has 7 heteroatoms. The highest BCUT2D eigenvalue weighted by Gasteiger charge is 2.11. The number of likely N-dealkylation sites (N-methyl/N-ethyl adjacent to an activating group) is 1. The molecule has 0 aromatic carbocycles. The molecule has 1 aromatic rings. The van der Waals surface area contributed by atoms with Gasteiger partial charge in [0.15, 0.2) is 0 Å². The summed E-state index contributed by atoms with van der Waals surface area (Å²) in [5.41, 5.74) is 0. The highest BCUT2D eigenvalue weighted by Crippen LogP contribution is 1.93. The predicted octanol–water partition coefficient (Wildman–Crippen LogP) is -0.700. The lowest BCUT2D eigenvalue weighted by Gasteiger charge is -2.15. The molecule has 0 aliphatic carbocycles. The molecule has 0 bridgehead atoms. The number of nitrogens with zero attached hydrogens (tertiary/aromatic N) is 4. The summed E-state index contributed by atoms with van der Waals surface area (Å²) in [5.74, 6) is -0.463. The molecule has 0 aliphatic rings. The molecule has 0 spiro atoms. The molecule has 1 heterocycles. The Hall–Kier alpha value is -1.92. The van der Waals surface area contributed by atoms with E-state index in [4.69, 9.17) is 0 Å². The number of carbonyl (C=O) groups is 2. The van der Waals surface area contributed by atoms with Crippen LogP contribution >= 0.6 is 0 Å². The van der Waals surface area contributed by atoms with Gasteiger partial charge in [-0.2, -0.15) is 0 Å². The predicted molar refractivity (Wildman–Crippen MR) is 54.3 cm³/mol. The van der Waals surface area contributed by atoms with Crippen molar-refractivity contribution >= 4 is 11.9 Å². The van der Waals surface area contributed by atoms with Gasteiger partial charge in [0.25, 0.3) is 0 Å². The van der Waals surface area contributed by atoms with Crippen molar-refractivity contribution in [2.24, 2.45) is 0 Å². The van der Waals surface area contributed by atoms with Crippen molar-refractivity contribution in [1.29, 1.82) is 0 Å². The van der Waals surface area contributed by atoms with Crippen molar-refractivity contribution in [1.82, 2.24) is 19.9 Å². The topological polar surface area (TPSA) is 77.3 Å². The summed E-state index contributed by atoms with van der Waals surface area (Å²) >= 11 is 0. The number of amides is 1. The van der Waals surface area contributed by atoms with Gasteiger partial charge >= 0.3 is 5.97 Å². The van der Waals surface area contributed by atoms with E-state index in [1.54, 1.807) is 13.2 Å². The number of methoxy groups -OCH3 is 1. The van der Waals surface area contributed by atoms with Crippen LogP contribution in [0.2, 0.25) is 0 Å². The lowest BCUT2D eigenvalue weighted by molar-refractivity contribution is -0.141. The highest BCUT2D eigenvalue weighted by molar-refractivity contribution is 5.76. The van der Waals surface area contributed by atoms with E-state index in [1.807, 2.05) is 0 Å². The summed E-state index contributed by atoms with van der Waals surface area (Å²) in [7, 11) is 2.95. The number of carbonyl (C=O) groups excluding carboxylic acids is 2. The van der Waals surface area contributed by atoms with Crippen molar-refractivity contribution in [2.45, 2.75) is 13.0 Å². The number of hydrogen-bond donors (Lipinski definition) is 0. The van der Waals surface area contributed by atoms with E-state index in [9.17, 15) is 9.59 Å². The molecule has 0 N–H and O–H groups in total. The maximum absolute atomic E-state index is 11.6. The van der Waals surface area contributed by atoms with Crippen LogP contribution in [0.25, 0.3) is 0 Å². The number of hydrogen-bond acceptors (Lipinski definition) is 5. The van der Waals surface area contributed by atoms with Crippen molar-refractivity contribution in [3.63, 3.8) is 0 Å². The van der Waals surface area contributed by atoms with E-state index in [-0.39, 0.29) is 24.8 Å². The number of aromatic nitrogens is 3. The van der Waals surface area contributed by atoms with Gasteiger partial charge in [-0.1, -0.05) is 5.21 Å². The summed E-state index contributed by atoms with van der Waals surface area (Å²) in [6.45, 7) is 0.456. The van der Waals surface area contributed by atoms with E-state index >= 15 is 0 Å². The monoisotopic (exact) mass is 226 g/mol. The average Bonchev–Trinajstić information content (AvgIpc) is 2.77. The van der Waals surface area contributed by atoms with Crippen molar-refractivity contribution in [3.05, 3.63) is 12.4 Å². The normalized spacial score (nSPS) is 9.88. The fraction of sp³-hybridized carbons (Fsp3) is 0.556. The minimum Gasteiger partial charge on any atom is -0.469 e. The standard InChI is InChI=1S/C9H14N4O3/c1-12(5-3-9(15)16-2)8(14)7-13-6-4-10-11-13/h4,6H,3,5,7H2,1-2H3. The van der Waals surface area contributed by atoms with E-state index in [2.05, 4.69) is 15.0 Å². The smallest absolute Gasteiger partial charge is 0.307 e. The Bertz CT molecular complexity index is 350. The molecule has 1 amide bonds. The first-order chi connectivity index (χ1) is 7.63. The molecule has 0 atom stereocenters. The first-order valence-corrected chi connectivity index (χ1v) is 4.78. The van der Waals surface area contributed by atoms with Gasteiger partial charge in [-0.3, -0.25) is 9.59 Å². The Labute approximate surface area is 93.0 Å². The molecule has 1 rings (SSSR count). The highest BCUT2D eigenvalue weighted by atomic mass is 16.5. The Morgan fingerprint density at radius 3 is 2.81 bits per heavy atom. The summed E-state index contributed by atoms with van der Waals surface area (Å²) in [5, 5.41) is 7.27. The molecule has 16 heavy (non-hydrogen) atoms. The molecule has 88 valence electrons. The van der Waals surface area contributed by atoms with Crippen LogP contribution in [-0.4, -0.2) is 52.5 Å². The maximum Gasteiger partial charge on any atom is 0.307 e. The minimum absolute atomic E-state index is 0.123. The van der Waals surface area contributed by atoms with Crippen LogP contribution in [0.4, 0.5) is 0 Å². The zero-order valence-corrected chi connectivity index (χ0v) is 9.29.